The van der Waals surface area contributed by atoms with Gasteiger partial charge < -0.3 is 14.8 Å². The molecule has 1 aliphatic heterocycles. The molecule has 12 heteroatoms. The molecule has 5 aromatic rings. The number of ether oxygens (including phenoxy) is 2. The number of para-hydroxylation sites is 1. The highest BCUT2D eigenvalue weighted by Gasteiger charge is 2.40. The second-order valence-corrected chi connectivity index (χ2v) is 11.1. The first-order valence-corrected chi connectivity index (χ1v) is 14.5. The van der Waals surface area contributed by atoms with Crippen LogP contribution in [0.5, 0.6) is 5.75 Å². The number of nitrogens with zero attached hydrogens (tertiary/aromatic N) is 7. The number of imidazole rings is 1. The van der Waals surface area contributed by atoms with Crippen LogP contribution < -0.4 is 10.1 Å². The van der Waals surface area contributed by atoms with E-state index < -0.39 is 5.92 Å². The van der Waals surface area contributed by atoms with E-state index in [0.29, 0.717) is 64.0 Å². The highest BCUT2D eigenvalue weighted by molar-refractivity contribution is 5.91. The summed E-state index contributed by atoms with van der Waals surface area (Å²) >= 11 is 0. The summed E-state index contributed by atoms with van der Waals surface area (Å²) in [6, 6.07) is 11.3. The molecule has 1 aromatic carbocycles. The molecule has 2 aliphatic rings. The molecular formula is C31H32F2N8O2. The minimum absolute atomic E-state index is 0.119. The van der Waals surface area contributed by atoms with Crippen LogP contribution in [0.4, 0.5) is 20.2 Å². The Morgan fingerprint density at radius 2 is 1.98 bits per heavy atom. The Kier molecular flexibility index (Phi) is 6.80. The standard InChI is InChI=1S/C31H32F2N8O2/c1-18-35-27-24(38-23-8-6-7-22(28(23)42-3)25-17-34-40(2)39-25)16-21(37-30(27)41(18)26-9-4-5-14-43-26)15-20-11-10-19-12-13-31(32,33)29(19)36-20/h6-8,10-11,16-17,26H,4-5,9,12-15H2,1-3H3,(H,37,38). The Morgan fingerprint density at radius 3 is 2.74 bits per heavy atom. The highest BCUT2D eigenvalue weighted by Crippen LogP contribution is 2.41. The zero-order chi connectivity index (χ0) is 29.7. The predicted molar refractivity (Wildman–Crippen MR) is 157 cm³/mol. The molecule has 1 atom stereocenters. The molecule has 0 radical (unpaired) electrons. The maximum atomic E-state index is 14.5. The molecule has 1 N–H and O–H groups in total. The fraction of sp³-hybridized carbons (Fsp3) is 0.387. The van der Waals surface area contributed by atoms with Crippen LogP contribution in [0.15, 0.2) is 42.6 Å². The Labute approximate surface area is 247 Å². The zero-order valence-corrected chi connectivity index (χ0v) is 24.3. The van der Waals surface area contributed by atoms with Gasteiger partial charge >= 0.3 is 0 Å². The van der Waals surface area contributed by atoms with Crippen LogP contribution in [0, 0.1) is 6.92 Å². The molecule has 5 heterocycles. The van der Waals surface area contributed by atoms with Crippen molar-refractivity contribution in [3.8, 4) is 17.0 Å². The first-order chi connectivity index (χ1) is 20.8. The molecule has 10 nitrogen and oxygen atoms in total. The fourth-order valence-corrected chi connectivity index (χ4v) is 6.09. The van der Waals surface area contributed by atoms with Gasteiger partial charge in [-0.2, -0.15) is 23.8 Å². The molecule has 0 saturated carbocycles. The van der Waals surface area contributed by atoms with Gasteiger partial charge in [0.15, 0.2) is 11.4 Å². The van der Waals surface area contributed by atoms with Crippen molar-refractivity contribution >= 4 is 22.5 Å². The average molecular weight is 587 g/mol. The molecule has 0 amide bonds. The van der Waals surface area contributed by atoms with Gasteiger partial charge in [0.2, 0.25) is 0 Å². The molecule has 1 unspecified atom stereocenters. The van der Waals surface area contributed by atoms with Gasteiger partial charge in [0, 0.05) is 37.8 Å². The molecule has 4 aromatic heterocycles. The SMILES string of the molecule is COc1c(Nc2cc(Cc3ccc4c(n3)C(F)(F)CC4)nc3c2nc(C)n3C2CCCCO2)cccc1-c1cnn(C)n1. The summed E-state index contributed by atoms with van der Waals surface area (Å²) in [5, 5.41) is 12.2. The number of hydrogen-bond acceptors (Lipinski definition) is 8. The number of pyridine rings is 2. The molecular weight excluding hydrogens is 554 g/mol. The van der Waals surface area contributed by atoms with E-state index in [1.165, 1.54) is 4.80 Å². The van der Waals surface area contributed by atoms with Crippen molar-refractivity contribution in [1.82, 2.24) is 34.5 Å². The van der Waals surface area contributed by atoms with Crippen molar-refractivity contribution in [3.05, 3.63) is 71.1 Å². The first kappa shape index (κ1) is 27.4. The van der Waals surface area contributed by atoms with Crippen molar-refractivity contribution < 1.29 is 18.3 Å². The van der Waals surface area contributed by atoms with Gasteiger partial charge in [-0.25, -0.2) is 9.97 Å². The molecule has 7 rings (SSSR count). The summed E-state index contributed by atoms with van der Waals surface area (Å²) in [7, 11) is 3.38. The van der Waals surface area contributed by atoms with Gasteiger partial charge in [-0.05, 0) is 62.4 Å². The van der Waals surface area contributed by atoms with Gasteiger partial charge in [-0.1, -0.05) is 12.1 Å². The summed E-state index contributed by atoms with van der Waals surface area (Å²) in [6.45, 7) is 2.62. The van der Waals surface area contributed by atoms with Crippen LogP contribution >= 0.6 is 0 Å². The number of halogens is 2. The van der Waals surface area contributed by atoms with Crippen LogP contribution in [0.1, 0.15) is 60.4 Å². The van der Waals surface area contributed by atoms with Crippen molar-refractivity contribution in [2.24, 2.45) is 7.05 Å². The van der Waals surface area contributed by atoms with Crippen LogP contribution in [-0.4, -0.2) is 48.2 Å². The van der Waals surface area contributed by atoms with Crippen LogP contribution in [0.25, 0.3) is 22.4 Å². The third-order valence-electron chi connectivity index (χ3n) is 8.14. The largest absolute Gasteiger partial charge is 0.494 e. The molecule has 43 heavy (non-hydrogen) atoms. The van der Waals surface area contributed by atoms with Crippen LogP contribution in [-0.2, 0) is 30.5 Å². The topological polar surface area (TPSA) is 105 Å². The van der Waals surface area contributed by atoms with E-state index in [9.17, 15) is 8.78 Å². The smallest absolute Gasteiger partial charge is 0.290 e. The quantitative estimate of drug-likeness (QED) is 0.247. The van der Waals surface area contributed by atoms with Crippen molar-refractivity contribution in [2.45, 2.75) is 57.6 Å². The monoisotopic (exact) mass is 586 g/mol. The highest BCUT2D eigenvalue weighted by atomic mass is 19.3. The lowest BCUT2D eigenvalue weighted by Crippen LogP contribution is -2.19. The summed E-state index contributed by atoms with van der Waals surface area (Å²) < 4.78 is 43.1. The molecule has 222 valence electrons. The molecule has 1 aliphatic carbocycles. The average Bonchev–Trinajstić information content (AvgIpc) is 3.67. The molecule has 0 spiro atoms. The van der Waals surface area contributed by atoms with Crippen molar-refractivity contribution in [1.29, 1.82) is 0 Å². The molecule has 1 fully saturated rings. The third-order valence-corrected chi connectivity index (χ3v) is 8.14. The Morgan fingerprint density at radius 1 is 1.09 bits per heavy atom. The number of anilines is 2. The van der Waals surface area contributed by atoms with E-state index >= 15 is 0 Å². The van der Waals surface area contributed by atoms with Crippen LogP contribution in [0.3, 0.4) is 0 Å². The van der Waals surface area contributed by atoms with E-state index in [4.69, 9.17) is 19.4 Å². The van der Waals surface area contributed by atoms with E-state index in [1.54, 1.807) is 26.4 Å². The van der Waals surface area contributed by atoms with Gasteiger partial charge in [0.25, 0.3) is 5.92 Å². The number of alkyl halides is 2. The van der Waals surface area contributed by atoms with Crippen molar-refractivity contribution in [2.75, 3.05) is 19.0 Å². The number of rotatable bonds is 7. The number of fused-ring (bicyclic) bond motifs is 2. The Bertz CT molecular complexity index is 1830. The van der Waals surface area contributed by atoms with Gasteiger partial charge in [-0.3, -0.25) is 9.55 Å². The van der Waals surface area contributed by atoms with Gasteiger partial charge in [0.05, 0.1) is 30.4 Å². The Hall–Kier alpha value is -4.45. The molecule has 0 bridgehead atoms. The second kappa shape index (κ2) is 10.7. The lowest BCUT2D eigenvalue weighted by atomic mass is 10.1. The summed E-state index contributed by atoms with van der Waals surface area (Å²) in [5.74, 6) is -1.53. The van der Waals surface area contributed by atoms with Crippen LogP contribution in [0.2, 0.25) is 0 Å². The lowest BCUT2D eigenvalue weighted by Gasteiger charge is -2.25. The number of benzene rings is 1. The minimum Gasteiger partial charge on any atom is -0.494 e. The maximum absolute atomic E-state index is 14.5. The normalized spacial score (nSPS) is 17.7. The van der Waals surface area contributed by atoms with E-state index in [1.807, 2.05) is 41.8 Å². The predicted octanol–water partition coefficient (Wildman–Crippen LogP) is 6.01. The molecule has 1 saturated heterocycles. The third kappa shape index (κ3) is 4.99. The summed E-state index contributed by atoms with van der Waals surface area (Å²) in [5.41, 5.74) is 5.92. The Balaban J connectivity index is 1.34. The minimum atomic E-state index is -2.91. The van der Waals surface area contributed by atoms with E-state index in [0.717, 1.165) is 30.7 Å². The van der Waals surface area contributed by atoms with E-state index in [2.05, 4.69) is 20.5 Å². The fourth-order valence-electron chi connectivity index (χ4n) is 6.09. The lowest BCUT2D eigenvalue weighted by molar-refractivity contribution is -0.0309. The number of nitrogens with one attached hydrogen (secondary N) is 1. The van der Waals surface area contributed by atoms with Gasteiger partial charge in [-0.15, -0.1) is 0 Å². The number of methoxy groups -OCH3 is 1. The zero-order valence-electron chi connectivity index (χ0n) is 24.3. The number of hydrogen-bond donors (Lipinski definition) is 1. The number of aromatic nitrogens is 7. The first-order valence-electron chi connectivity index (χ1n) is 14.5. The maximum Gasteiger partial charge on any atom is 0.290 e. The number of aryl methyl sites for hydroxylation is 3. The van der Waals surface area contributed by atoms with Gasteiger partial charge in [0.1, 0.15) is 29.0 Å². The second-order valence-electron chi connectivity index (χ2n) is 11.1. The summed E-state index contributed by atoms with van der Waals surface area (Å²) in [6.07, 6.45) is 4.85. The van der Waals surface area contributed by atoms with E-state index in [-0.39, 0.29) is 24.8 Å². The summed E-state index contributed by atoms with van der Waals surface area (Å²) in [4.78, 5) is 15.8. The van der Waals surface area contributed by atoms with Crippen molar-refractivity contribution in [3.63, 3.8) is 0 Å².